The molecule has 0 aliphatic carbocycles. The number of hydrogen-bond acceptors (Lipinski definition) is 18. The van der Waals surface area contributed by atoms with Gasteiger partial charge in [0.25, 0.3) is 0 Å². The summed E-state index contributed by atoms with van der Waals surface area (Å²) < 4.78 is 34.5. The predicted octanol–water partition coefficient (Wildman–Crippen LogP) is 15.0. The van der Waals surface area contributed by atoms with Crippen LogP contribution in [0, 0.1) is 0 Å². The van der Waals surface area contributed by atoms with Gasteiger partial charge in [-0.15, -0.1) is 0 Å². The Balaban J connectivity index is 1.28. The quantitative estimate of drug-likeness (QED) is 0.0199. The highest BCUT2D eigenvalue weighted by atomic mass is 16.8. The van der Waals surface area contributed by atoms with Crippen molar-refractivity contribution in [3.63, 3.8) is 0 Å². The van der Waals surface area contributed by atoms with Crippen molar-refractivity contribution in [1.82, 2.24) is 5.32 Å². The molecule has 0 bridgehead atoms. The number of hydrogen-bond donors (Lipinski definition) is 12. The zero-order chi connectivity index (χ0) is 75.3. The maximum Gasteiger partial charge on any atom is 0.220 e. The zero-order valence-corrected chi connectivity index (χ0v) is 65.3. The van der Waals surface area contributed by atoms with Crippen LogP contribution in [0.4, 0.5) is 0 Å². The highest BCUT2D eigenvalue weighted by Gasteiger charge is 2.54. The normalized spacial score (nSPS) is 26.2. The van der Waals surface area contributed by atoms with E-state index >= 15 is 0 Å². The monoisotopic (exact) mass is 1480 g/mol. The van der Waals surface area contributed by atoms with Gasteiger partial charge in [0.05, 0.1) is 38.6 Å². The third-order valence-electron chi connectivity index (χ3n) is 21.1. The highest BCUT2D eigenvalue weighted by molar-refractivity contribution is 5.76. The van der Waals surface area contributed by atoms with Crippen molar-refractivity contribution in [3.05, 3.63) is 60.8 Å². The smallest absolute Gasteiger partial charge is 0.220 e. The van der Waals surface area contributed by atoms with Crippen molar-refractivity contribution < 1.29 is 89.4 Å². The van der Waals surface area contributed by atoms with Gasteiger partial charge in [-0.05, 0) is 57.8 Å². The molecule has 0 spiro atoms. The van der Waals surface area contributed by atoms with E-state index in [1.165, 1.54) is 231 Å². The number of carbonyl (C=O) groups is 1. The van der Waals surface area contributed by atoms with Crippen molar-refractivity contribution in [2.45, 2.75) is 446 Å². The minimum atomic E-state index is -1.97. The average Bonchev–Trinajstić information content (AvgIpc) is 0.783. The number of unbranched alkanes of at least 4 members (excludes halogenated alkanes) is 42. The summed E-state index contributed by atoms with van der Waals surface area (Å²) in [6.45, 7) is 1.73. The molecule has 3 aliphatic heterocycles. The first-order valence-electron chi connectivity index (χ1n) is 42.5. The van der Waals surface area contributed by atoms with Gasteiger partial charge >= 0.3 is 0 Å². The fraction of sp³-hybridized carbons (Fsp3) is 0.871. The van der Waals surface area contributed by atoms with Crippen LogP contribution >= 0.6 is 0 Å². The van der Waals surface area contributed by atoms with E-state index in [1.807, 2.05) is 0 Å². The Morgan fingerprint density at radius 3 is 1.04 bits per heavy atom. The van der Waals surface area contributed by atoms with E-state index in [0.717, 1.165) is 77.0 Å². The lowest BCUT2D eigenvalue weighted by atomic mass is 9.96. The van der Waals surface area contributed by atoms with Gasteiger partial charge in [-0.2, -0.15) is 0 Å². The number of rotatable bonds is 68. The molecule has 12 N–H and O–H groups in total. The van der Waals surface area contributed by atoms with Gasteiger partial charge in [0.15, 0.2) is 18.9 Å². The van der Waals surface area contributed by atoms with Crippen molar-refractivity contribution in [2.24, 2.45) is 0 Å². The molecular weight excluding hydrogens is 1320 g/mol. The van der Waals surface area contributed by atoms with Gasteiger partial charge in [-0.25, -0.2) is 0 Å². The Morgan fingerprint density at radius 2 is 0.663 bits per heavy atom. The Bertz CT molecular complexity index is 2110. The molecule has 104 heavy (non-hydrogen) atoms. The minimum Gasteiger partial charge on any atom is -0.394 e. The lowest BCUT2D eigenvalue weighted by molar-refractivity contribution is -0.379. The largest absolute Gasteiger partial charge is 0.394 e. The van der Waals surface area contributed by atoms with Gasteiger partial charge in [0.1, 0.15) is 73.2 Å². The highest BCUT2D eigenvalue weighted by Crippen LogP contribution is 2.33. The maximum atomic E-state index is 13.5. The van der Waals surface area contributed by atoms with Crippen LogP contribution in [0.3, 0.4) is 0 Å². The third kappa shape index (κ3) is 44.4. The van der Waals surface area contributed by atoms with E-state index in [4.69, 9.17) is 28.4 Å². The van der Waals surface area contributed by atoms with Crippen molar-refractivity contribution in [1.29, 1.82) is 0 Å². The first-order valence-corrected chi connectivity index (χ1v) is 42.5. The Hall–Kier alpha value is -2.51. The third-order valence-corrected chi connectivity index (χ3v) is 21.1. The van der Waals surface area contributed by atoms with Crippen molar-refractivity contribution >= 4 is 5.91 Å². The van der Waals surface area contributed by atoms with Crippen molar-refractivity contribution in [2.75, 3.05) is 26.4 Å². The molecule has 0 aromatic heterocycles. The van der Waals surface area contributed by atoms with E-state index in [9.17, 15) is 61.0 Å². The molecule has 17 unspecified atom stereocenters. The molecule has 0 radical (unpaired) electrons. The lowest BCUT2D eigenvalue weighted by Gasteiger charge is -2.48. The van der Waals surface area contributed by atoms with Crippen LogP contribution in [0.1, 0.15) is 341 Å². The summed E-state index contributed by atoms with van der Waals surface area (Å²) in [5.74, 6) is -0.236. The molecule has 3 saturated heterocycles. The summed E-state index contributed by atoms with van der Waals surface area (Å²) in [4.78, 5) is 13.5. The molecule has 608 valence electrons. The SMILES string of the molecule is CC/C=C\C/C=C\C/C=C\C/C=C\C/C=C\CCCCCCCCCCCCCCCCCCCCCCCCCCCC(=O)NC(COC1OC(CO)C(OC2OC(CO)C(OC3OC(CO)C(O)C(O)C3O)C(O)C2O)C(O)C1O)C(O)CCCCCCCCCCCCCCCCCCCC. The van der Waals surface area contributed by atoms with E-state index in [2.05, 4.69) is 79.9 Å². The first-order chi connectivity index (χ1) is 50.8. The van der Waals surface area contributed by atoms with Crippen LogP contribution in [0.25, 0.3) is 0 Å². The van der Waals surface area contributed by atoms with Crippen LogP contribution in [-0.4, -0.2) is 193 Å². The second-order valence-electron chi connectivity index (χ2n) is 30.3. The second-order valence-corrected chi connectivity index (χ2v) is 30.3. The molecule has 0 aromatic carbocycles. The first kappa shape index (κ1) is 95.7. The minimum absolute atomic E-state index is 0.236. The molecule has 3 rings (SSSR count). The summed E-state index contributed by atoms with van der Waals surface area (Å²) >= 11 is 0. The van der Waals surface area contributed by atoms with Gasteiger partial charge in [0.2, 0.25) is 5.91 Å². The van der Waals surface area contributed by atoms with Crippen LogP contribution in [0.15, 0.2) is 60.8 Å². The van der Waals surface area contributed by atoms with Crippen LogP contribution in [0.2, 0.25) is 0 Å². The molecule has 19 heteroatoms. The van der Waals surface area contributed by atoms with Gasteiger partial charge in [0, 0.05) is 6.42 Å². The summed E-state index contributed by atoms with van der Waals surface area (Å²) in [5, 5.41) is 121. The molecule has 19 nitrogen and oxygen atoms in total. The zero-order valence-electron chi connectivity index (χ0n) is 65.3. The lowest BCUT2D eigenvalue weighted by Crippen LogP contribution is -2.66. The topological polar surface area (TPSA) is 307 Å². The van der Waals surface area contributed by atoms with Gasteiger partial charge in [-0.3, -0.25) is 4.79 Å². The summed E-state index contributed by atoms with van der Waals surface area (Å²) in [6, 6.07) is -0.887. The van der Waals surface area contributed by atoms with Gasteiger partial charge in [-0.1, -0.05) is 338 Å². The molecule has 0 aromatic rings. The summed E-state index contributed by atoms with van der Waals surface area (Å²) in [5.41, 5.74) is 0. The Kier molecular flexibility index (Phi) is 60.0. The van der Waals surface area contributed by atoms with E-state index < -0.39 is 124 Å². The second kappa shape index (κ2) is 65.2. The van der Waals surface area contributed by atoms with Crippen LogP contribution < -0.4 is 5.32 Å². The average molecular weight is 1480 g/mol. The number of allylic oxidation sites excluding steroid dienone is 10. The number of ether oxygens (including phenoxy) is 6. The van der Waals surface area contributed by atoms with E-state index in [1.54, 1.807) is 0 Å². The Labute approximate surface area is 630 Å². The standard InChI is InChI=1S/C85H155NO18/c1-3-5-7-9-11-13-15-17-19-21-23-24-25-26-27-28-29-30-31-32-33-34-35-36-37-38-39-40-41-42-43-44-45-47-49-51-53-55-57-59-61-63-73(91)86-68(69(90)62-60-58-56-54-52-50-48-46-22-20-18-16-14-12-10-8-6-4-2)67-99-83-79(97)76(94)81(71(65-88)101-83)104-85-80(98)77(95)82(72(66-89)102-85)103-84-78(96)75(93)74(92)70(64-87)100-84/h5,7,11,13,17,19,23-24,26-27,68-72,74-85,87-90,92-98H,3-4,6,8-10,12,14-16,18,20-22,25,28-67H2,1-2H3,(H,86,91)/b7-5-,13-11-,19-17-,24-23-,27-26-. The molecule has 1 amide bonds. The van der Waals surface area contributed by atoms with Crippen LogP contribution in [-0.2, 0) is 33.2 Å². The fourth-order valence-electron chi connectivity index (χ4n) is 14.3. The molecular formula is C85H155NO18. The number of aliphatic hydroxyl groups is 11. The van der Waals surface area contributed by atoms with Gasteiger partial charge < -0.3 is 89.9 Å². The van der Waals surface area contributed by atoms with Crippen LogP contribution in [0.5, 0.6) is 0 Å². The Morgan fingerprint density at radius 1 is 0.356 bits per heavy atom. The summed E-state index contributed by atoms with van der Waals surface area (Å²) in [7, 11) is 0. The fourth-order valence-corrected chi connectivity index (χ4v) is 14.3. The summed E-state index contributed by atoms with van der Waals surface area (Å²) in [6.07, 6.45) is 57.6. The van der Waals surface area contributed by atoms with E-state index in [-0.39, 0.29) is 18.9 Å². The predicted molar refractivity (Wildman–Crippen MR) is 415 cm³/mol. The van der Waals surface area contributed by atoms with Crippen molar-refractivity contribution in [3.8, 4) is 0 Å². The maximum absolute atomic E-state index is 13.5. The molecule has 0 saturated carbocycles. The van der Waals surface area contributed by atoms with E-state index in [0.29, 0.717) is 12.8 Å². The number of aliphatic hydroxyl groups excluding tert-OH is 11. The number of nitrogens with one attached hydrogen (secondary N) is 1. The molecule has 3 aliphatic rings. The number of carbonyl (C=O) groups excluding carboxylic acids is 1. The molecule has 3 heterocycles. The molecule has 3 fully saturated rings. The molecule has 17 atom stereocenters. The number of amides is 1.